The Labute approximate surface area is 135 Å². The molecule has 0 bridgehead atoms. The molecule has 1 saturated carbocycles. The Kier molecular flexibility index (Phi) is 4.72. The van der Waals surface area contributed by atoms with Crippen molar-refractivity contribution in [1.82, 2.24) is 10.2 Å². The van der Waals surface area contributed by atoms with E-state index in [1.54, 1.807) is 18.2 Å². The smallest absolute Gasteiger partial charge is 0.255 e. The molecular formula is C16H20Cl2N2O. The summed E-state index contributed by atoms with van der Waals surface area (Å²) in [6, 6.07) is 5.59. The zero-order valence-electron chi connectivity index (χ0n) is 11.9. The molecule has 1 aliphatic carbocycles. The number of likely N-dealkylation sites (tertiary alicyclic amines) is 1. The van der Waals surface area contributed by atoms with Gasteiger partial charge in [-0.2, -0.15) is 0 Å². The molecule has 0 atom stereocenters. The molecule has 3 rings (SSSR count). The highest BCUT2D eigenvalue weighted by atomic mass is 35.5. The Morgan fingerprint density at radius 3 is 2.57 bits per heavy atom. The molecule has 3 nitrogen and oxygen atoms in total. The molecule has 2 fully saturated rings. The second-order valence-corrected chi connectivity index (χ2v) is 6.89. The third-order valence-corrected chi connectivity index (χ3v) is 4.90. The summed E-state index contributed by atoms with van der Waals surface area (Å²) in [6.45, 7) is 2.70. The van der Waals surface area contributed by atoms with Crippen LogP contribution in [-0.2, 0) is 0 Å². The van der Waals surface area contributed by atoms with Crippen molar-refractivity contribution in [3.8, 4) is 0 Å². The van der Waals surface area contributed by atoms with Crippen LogP contribution in [0.2, 0.25) is 10.0 Å². The summed E-state index contributed by atoms with van der Waals surface area (Å²) >= 11 is 12.1. The van der Waals surface area contributed by atoms with E-state index in [1.807, 2.05) is 4.90 Å². The van der Waals surface area contributed by atoms with Crippen LogP contribution in [0.3, 0.4) is 0 Å². The molecule has 1 heterocycles. The van der Waals surface area contributed by atoms with Gasteiger partial charge >= 0.3 is 0 Å². The van der Waals surface area contributed by atoms with Crippen LogP contribution in [0.25, 0.3) is 0 Å². The lowest BCUT2D eigenvalue weighted by Crippen LogP contribution is -2.45. The van der Waals surface area contributed by atoms with Crippen molar-refractivity contribution in [2.75, 3.05) is 19.6 Å². The fraction of sp³-hybridized carbons (Fsp3) is 0.562. The average Bonchev–Trinajstić information content (AvgIpc) is 3.32. The van der Waals surface area contributed by atoms with Gasteiger partial charge in [0.05, 0.1) is 10.6 Å². The second kappa shape index (κ2) is 6.55. The number of carbonyl (C=O) groups is 1. The molecule has 1 N–H and O–H groups in total. The quantitative estimate of drug-likeness (QED) is 0.916. The van der Waals surface area contributed by atoms with Gasteiger partial charge in [-0.3, -0.25) is 4.79 Å². The van der Waals surface area contributed by atoms with Crippen LogP contribution in [-0.4, -0.2) is 36.5 Å². The van der Waals surface area contributed by atoms with E-state index in [0.29, 0.717) is 21.7 Å². The Hall–Kier alpha value is -0.770. The van der Waals surface area contributed by atoms with Crippen molar-refractivity contribution in [3.05, 3.63) is 33.8 Å². The number of rotatable bonds is 4. The fourth-order valence-electron chi connectivity index (χ4n) is 2.77. The molecule has 0 radical (unpaired) electrons. The number of carbonyl (C=O) groups excluding carboxylic acids is 1. The zero-order valence-corrected chi connectivity index (χ0v) is 13.5. The van der Waals surface area contributed by atoms with Crippen LogP contribution in [0, 0.1) is 5.92 Å². The lowest BCUT2D eigenvalue weighted by Gasteiger charge is -2.32. The minimum Gasteiger partial charge on any atom is -0.338 e. The molecule has 114 valence electrons. The van der Waals surface area contributed by atoms with Crippen LogP contribution in [0.5, 0.6) is 0 Å². The van der Waals surface area contributed by atoms with Gasteiger partial charge < -0.3 is 10.2 Å². The maximum absolute atomic E-state index is 12.5. The molecule has 1 aromatic rings. The number of amides is 1. The average molecular weight is 327 g/mol. The SMILES string of the molecule is O=C(c1cc(Cl)ccc1Cl)N1CCC(NCC2CC2)CC1. The minimum atomic E-state index is -0.0110. The fourth-order valence-corrected chi connectivity index (χ4v) is 3.14. The Morgan fingerprint density at radius 1 is 1.19 bits per heavy atom. The number of hydrogen-bond donors (Lipinski definition) is 1. The molecule has 1 aromatic carbocycles. The summed E-state index contributed by atoms with van der Waals surface area (Å²) in [4.78, 5) is 14.4. The molecule has 1 amide bonds. The van der Waals surface area contributed by atoms with Gasteiger partial charge in [-0.1, -0.05) is 23.2 Å². The Morgan fingerprint density at radius 2 is 1.90 bits per heavy atom. The summed E-state index contributed by atoms with van der Waals surface area (Å²) in [5.41, 5.74) is 0.508. The second-order valence-electron chi connectivity index (χ2n) is 6.04. The number of piperidine rings is 1. The topological polar surface area (TPSA) is 32.3 Å². The largest absolute Gasteiger partial charge is 0.338 e. The number of nitrogens with one attached hydrogen (secondary N) is 1. The van der Waals surface area contributed by atoms with Gasteiger partial charge in [0.1, 0.15) is 0 Å². The molecule has 5 heteroatoms. The third kappa shape index (κ3) is 3.91. The highest BCUT2D eigenvalue weighted by Gasteiger charge is 2.27. The monoisotopic (exact) mass is 326 g/mol. The molecule has 2 aliphatic rings. The molecule has 0 spiro atoms. The number of nitrogens with zero attached hydrogens (tertiary/aromatic N) is 1. The third-order valence-electron chi connectivity index (χ3n) is 4.33. The lowest BCUT2D eigenvalue weighted by atomic mass is 10.0. The van der Waals surface area contributed by atoms with Crippen LogP contribution in [0.1, 0.15) is 36.0 Å². The van der Waals surface area contributed by atoms with Crippen LogP contribution in [0.15, 0.2) is 18.2 Å². The van der Waals surface area contributed by atoms with Gasteiger partial charge in [0, 0.05) is 24.2 Å². The van der Waals surface area contributed by atoms with Gasteiger partial charge in [0.25, 0.3) is 5.91 Å². The van der Waals surface area contributed by atoms with Crippen LogP contribution < -0.4 is 5.32 Å². The van der Waals surface area contributed by atoms with E-state index in [4.69, 9.17) is 23.2 Å². The number of hydrogen-bond acceptors (Lipinski definition) is 2. The van der Waals surface area contributed by atoms with E-state index >= 15 is 0 Å². The van der Waals surface area contributed by atoms with E-state index in [0.717, 1.165) is 38.4 Å². The first-order chi connectivity index (χ1) is 10.1. The van der Waals surface area contributed by atoms with E-state index in [9.17, 15) is 4.79 Å². The van der Waals surface area contributed by atoms with Crippen molar-refractivity contribution in [2.24, 2.45) is 5.92 Å². The van der Waals surface area contributed by atoms with Crippen molar-refractivity contribution in [2.45, 2.75) is 31.7 Å². The molecule has 1 aliphatic heterocycles. The summed E-state index contributed by atoms with van der Waals surface area (Å²) < 4.78 is 0. The van der Waals surface area contributed by atoms with Crippen molar-refractivity contribution in [1.29, 1.82) is 0 Å². The van der Waals surface area contributed by atoms with Crippen LogP contribution >= 0.6 is 23.2 Å². The first-order valence-electron chi connectivity index (χ1n) is 7.61. The van der Waals surface area contributed by atoms with E-state index < -0.39 is 0 Å². The molecule has 21 heavy (non-hydrogen) atoms. The molecular weight excluding hydrogens is 307 g/mol. The maximum atomic E-state index is 12.5. The zero-order chi connectivity index (χ0) is 14.8. The van der Waals surface area contributed by atoms with Gasteiger partial charge in [-0.15, -0.1) is 0 Å². The van der Waals surface area contributed by atoms with Gasteiger partial charge in [-0.25, -0.2) is 0 Å². The van der Waals surface area contributed by atoms with Crippen molar-refractivity contribution < 1.29 is 4.79 Å². The highest BCUT2D eigenvalue weighted by molar-refractivity contribution is 6.35. The van der Waals surface area contributed by atoms with E-state index in [-0.39, 0.29) is 5.91 Å². The molecule has 0 unspecified atom stereocenters. The molecule has 1 saturated heterocycles. The highest BCUT2D eigenvalue weighted by Crippen LogP contribution is 2.28. The Bertz CT molecular complexity index is 523. The summed E-state index contributed by atoms with van der Waals surface area (Å²) in [7, 11) is 0. The summed E-state index contributed by atoms with van der Waals surface area (Å²) in [5.74, 6) is 0.887. The lowest BCUT2D eigenvalue weighted by molar-refractivity contribution is 0.0705. The van der Waals surface area contributed by atoms with E-state index in [1.165, 1.54) is 12.8 Å². The predicted molar refractivity (Wildman–Crippen MR) is 86.1 cm³/mol. The normalized spacial score (nSPS) is 19.8. The van der Waals surface area contributed by atoms with Crippen molar-refractivity contribution >= 4 is 29.1 Å². The van der Waals surface area contributed by atoms with Gasteiger partial charge in [0.2, 0.25) is 0 Å². The molecule has 0 aromatic heterocycles. The number of benzene rings is 1. The first-order valence-corrected chi connectivity index (χ1v) is 8.37. The minimum absolute atomic E-state index is 0.0110. The van der Waals surface area contributed by atoms with Crippen LogP contribution in [0.4, 0.5) is 0 Å². The number of halogens is 2. The van der Waals surface area contributed by atoms with Gasteiger partial charge in [-0.05, 0) is 56.3 Å². The van der Waals surface area contributed by atoms with E-state index in [2.05, 4.69) is 5.32 Å². The predicted octanol–water partition coefficient (Wildman–Crippen LogP) is 3.60. The Balaban J connectivity index is 1.55. The summed E-state index contributed by atoms with van der Waals surface area (Å²) in [5, 5.41) is 4.63. The standard InChI is InChI=1S/C16H20Cl2N2O/c17-12-3-4-15(18)14(9-12)16(21)20-7-5-13(6-8-20)19-10-11-1-2-11/h3-4,9,11,13,19H,1-2,5-8,10H2. The maximum Gasteiger partial charge on any atom is 0.255 e. The first kappa shape index (κ1) is 15.1. The van der Waals surface area contributed by atoms with Crippen molar-refractivity contribution in [3.63, 3.8) is 0 Å². The summed E-state index contributed by atoms with van der Waals surface area (Å²) in [6.07, 6.45) is 4.77. The van der Waals surface area contributed by atoms with Gasteiger partial charge in [0.15, 0.2) is 0 Å².